The second-order valence-corrected chi connectivity index (χ2v) is 8.57. The number of nitrogens with one attached hydrogen (secondary N) is 1. The number of anilines is 2. The Bertz CT molecular complexity index is 1280. The van der Waals surface area contributed by atoms with Crippen molar-refractivity contribution in [3.63, 3.8) is 0 Å². The van der Waals surface area contributed by atoms with Gasteiger partial charge in [-0.2, -0.15) is 13.2 Å². The topological polar surface area (TPSA) is 88.9 Å². The van der Waals surface area contributed by atoms with Crippen molar-refractivity contribution in [1.29, 1.82) is 0 Å². The lowest BCUT2D eigenvalue weighted by atomic mass is 10.1. The summed E-state index contributed by atoms with van der Waals surface area (Å²) in [7, 11) is -4.23. The summed E-state index contributed by atoms with van der Waals surface area (Å²) >= 11 is 0. The number of hydrogen-bond acceptors (Lipinski definition) is 6. The Morgan fingerprint density at radius 1 is 0.968 bits per heavy atom. The van der Waals surface area contributed by atoms with Crippen molar-refractivity contribution in [2.24, 2.45) is 0 Å². The Balaban J connectivity index is 1.75. The molecule has 4 rings (SSSR count). The quantitative estimate of drug-likeness (QED) is 0.608. The molecule has 0 aliphatic carbocycles. The number of benzene rings is 2. The van der Waals surface area contributed by atoms with E-state index in [0.717, 1.165) is 18.2 Å². The molecule has 31 heavy (non-hydrogen) atoms. The van der Waals surface area contributed by atoms with Crippen molar-refractivity contribution in [3.05, 3.63) is 64.5 Å². The van der Waals surface area contributed by atoms with Crippen LogP contribution in [0.4, 0.5) is 24.5 Å². The third-order valence-electron chi connectivity index (χ3n) is 4.82. The van der Waals surface area contributed by atoms with E-state index in [2.05, 4.69) is 4.72 Å². The summed E-state index contributed by atoms with van der Waals surface area (Å²) in [6, 6.07) is 9.32. The molecule has 0 spiro atoms. The van der Waals surface area contributed by atoms with Crippen LogP contribution in [-0.2, 0) is 20.9 Å². The van der Waals surface area contributed by atoms with E-state index >= 15 is 0 Å². The van der Waals surface area contributed by atoms with Crippen LogP contribution < -0.4 is 15.2 Å². The van der Waals surface area contributed by atoms with Gasteiger partial charge in [0.05, 0.1) is 35.0 Å². The van der Waals surface area contributed by atoms with Crippen molar-refractivity contribution in [2.75, 3.05) is 35.9 Å². The van der Waals surface area contributed by atoms with Gasteiger partial charge in [-0.25, -0.2) is 13.2 Å². The Labute approximate surface area is 175 Å². The zero-order valence-corrected chi connectivity index (χ0v) is 16.8. The molecule has 1 N–H and O–H groups in total. The Hall–Kier alpha value is -3.05. The van der Waals surface area contributed by atoms with Crippen LogP contribution in [0, 0.1) is 0 Å². The number of hydrogen-bond donors (Lipinski definition) is 1. The van der Waals surface area contributed by atoms with Gasteiger partial charge >= 0.3 is 11.8 Å². The molecule has 1 aliphatic rings. The van der Waals surface area contributed by atoms with Crippen molar-refractivity contribution < 1.29 is 30.7 Å². The number of morpholine rings is 1. The molecule has 0 atom stereocenters. The Morgan fingerprint density at radius 2 is 1.71 bits per heavy atom. The maximum absolute atomic E-state index is 13.3. The number of nitrogens with zero attached hydrogens (tertiary/aromatic N) is 1. The Kier molecular flexibility index (Phi) is 5.40. The van der Waals surface area contributed by atoms with Gasteiger partial charge in [-0.1, -0.05) is 0 Å². The molecule has 2 heterocycles. The highest BCUT2D eigenvalue weighted by Crippen LogP contribution is 2.36. The number of halogens is 3. The summed E-state index contributed by atoms with van der Waals surface area (Å²) in [4.78, 5) is 12.9. The van der Waals surface area contributed by atoms with Crippen molar-refractivity contribution in [3.8, 4) is 0 Å². The fraction of sp³-hybridized carbons (Fsp3) is 0.250. The molecular formula is C20H17F3N2O5S. The van der Waals surface area contributed by atoms with E-state index in [1.165, 1.54) is 30.3 Å². The minimum atomic E-state index is -4.63. The largest absolute Gasteiger partial charge is 0.423 e. The van der Waals surface area contributed by atoms with Crippen molar-refractivity contribution in [2.45, 2.75) is 11.1 Å². The molecule has 2 aromatic carbocycles. The number of fused-ring (bicyclic) bond motifs is 1. The van der Waals surface area contributed by atoms with Gasteiger partial charge in [0.2, 0.25) is 0 Å². The first-order valence-corrected chi connectivity index (χ1v) is 10.7. The summed E-state index contributed by atoms with van der Waals surface area (Å²) in [5.74, 6) is 0. The summed E-state index contributed by atoms with van der Waals surface area (Å²) < 4.78 is 78.3. The maximum atomic E-state index is 13.3. The monoisotopic (exact) mass is 454 g/mol. The number of sulfonamides is 1. The lowest BCUT2D eigenvalue weighted by molar-refractivity contribution is -0.137. The van der Waals surface area contributed by atoms with Gasteiger partial charge in [0.25, 0.3) is 10.0 Å². The van der Waals surface area contributed by atoms with Crippen LogP contribution >= 0.6 is 0 Å². The maximum Gasteiger partial charge on any atom is 0.416 e. The third-order valence-corrected chi connectivity index (χ3v) is 6.18. The molecule has 164 valence electrons. The zero-order chi connectivity index (χ0) is 22.2. The van der Waals surface area contributed by atoms with Gasteiger partial charge in [0, 0.05) is 24.5 Å². The molecule has 0 saturated carbocycles. The normalized spacial score (nSPS) is 15.3. The second-order valence-electron chi connectivity index (χ2n) is 6.89. The molecule has 0 radical (unpaired) electrons. The molecule has 1 saturated heterocycles. The van der Waals surface area contributed by atoms with Crippen LogP contribution in [0.1, 0.15) is 5.56 Å². The average molecular weight is 454 g/mol. The van der Waals surface area contributed by atoms with E-state index in [1.807, 2.05) is 0 Å². The number of rotatable bonds is 4. The standard InChI is InChI=1S/C20H17F3N2O5S/c21-20(22,23)14-2-4-17(25-7-9-29-10-8-25)16(12-14)24-31(27,28)15-3-5-18-13(11-15)1-6-19(26)30-18/h1-6,11-12,24H,7-10H2. The first-order valence-electron chi connectivity index (χ1n) is 9.24. The molecule has 1 aromatic heterocycles. The van der Waals surface area contributed by atoms with E-state index in [1.54, 1.807) is 4.90 Å². The minimum Gasteiger partial charge on any atom is -0.423 e. The van der Waals surface area contributed by atoms with Crippen LogP contribution in [-0.4, -0.2) is 34.7 Å². The minimum absolute atomic E-state index is 0.181. The van der Waals surface area contributed by atoms with E-state index in [9.17, 15) is 26.4 Å². The SMILES string of the molecule is O=c1ccc2cc(S(=O)(=O)Nc3cc(C(F)(F)F)ccc3N3CCOCC3)ccc2o1. The van der Waals surface area contributed by atoms with Crippen LogP contribution in [0.25, 0.3) is 11.0 Å². The molecule has 1 aliphatic heterocycles. The summed E-state index contributed by atoms with van der Waals surface area (Å²) in [6.07, 6.45) is -4.63. The van der Waals surface area contributed by atoms with Gasteiger partial charge < -0.3 is 14.1 Å². The van der Waals surface area contributed by atoms with E-state index in [-0.39, 0.29) is 16.2 Å². The summed E-state index contributed by atoms with van der Waals surface area (Å²) in [6.45, 7) is 1.58. The van der Waals surface area contributed by atoms with Gasteiger partial charge in [-0.05, 0) is 42.5 Å². The molecule has 1 fully saturated rings. The van der Waals surface area contributed by atoms with Crippen LogP contribution in [0.2, 0.25) is 0 Å². The smallest absolute Gasteiger partial charge is 0.416 e. The lowest BCUT2D eigenvalue weighted by Crippen LogP contribution is -2.36. The molecule has 11 heteroatoms. The predicted octanol–water partition coefficient (Wildman–Crippen LogP) is 3.45. The molecule has 0 amide bonds. The highest BCUT2D eigenvalue weighted by molar-refractivity contribution is 7.92. The second kappa shape index (κ2) is 7.89. The summed E-state index contributed by atoms with van der Waals surface area (Å²) in [5.41, 5.74) is -1.22. The van der Waals surface area contributed by atoms with E-state index < -0.39 is 27.4 Å². The predicted molar refractivity (Wildman–Crippen MR) is 108 cm³/mol. The molecule has 3 aromatic rings. The highest BCUT2D eigenvalue weighted by Gasteiger charge is 2.32. The van der Waals surface area contributed by atoms with Crippen LogP contribution in [0.3, 0.4) is 0 Å². The first-order chi connectivity index (χ1) is 14.6. The molecule has 0 unspecified atom stereocenters. The fourth-order valence-electron chi connectivity index (χ4n) is 3.29. The Morgan fingerprint density at radius 3 is 2.42 bits per heavy atom. The molecule has 0 bridgehead atoms. The zero-order valence-electron chi connectivity index (χ0n) is 16.0. The molecule has 7 nitrogen and oxygen atoms in total. The van der Waals surface area contributed by atoms with E-state index in [0.29, 0.717) is 37.4 Å². The number of ether oxygens (including phenoxy) is 1. The first kappa shape index (κ1) is 21.2. The highest BCUT2D eigenvalue weighted by atomic mass is 32.2. The van der Waals surface area contributed by atoms with Crippen LogP contribution in [0.5, 0.6) is 0 Å². The third kappa shape index (κ3) is 4.52. The van der Waals surface area contributed by atoms with Gasteiger partial charge in [-0.3, -0.25) is 4.72 Å². The van der Waals surface area contributed by atoms with Gasteiger partial charge in [0.1, 0.15) is 5.58 Å². The van der Waals surface area contributed by atoms with Crippen LogP contribution in [0.15, 0.2) is 62.6 Å². The lowest BCUT2D eigenvalue weighted by Gasteiger charge is -2.31. The van der Waals surface area contributed by atoms with E-state index in [4.69, 9.17) is 9.15 Å². The van der Waals surface area contributed by atoms with Crippen molar-refractivity contribution in [1.82, 2.24) is 0 Å². The van der Waals surface area contributed by atoms with Gasteiger partial charge in [-0.15, -0.1) is 0 Å². The number of alkyl halides is 3. The summed E-state index contributed by atoms with van der Waals surface area (Å²) in [5, 5.41) is 0.361. The molecular weight excluding hydrogens is 437 g/mol. The van der Waals surface area contributed by atoms with Gasteiger partial charge in [0.15, 0.2) is 0 Å². The fourth-order valence-corrected chi connectivity index (χ4v) is 4.40. The average Bonchev–Trinajstić information content (AvgIpc) is 2.73. The van der Waals surface area contributed by atoms with Crippen molar-refractivity contribution >= 4 is 32.4 Å².